The average Bonchev–Trinajstić information content (AvgIpc) is 1.94. The van der Waals surface area contributed by atoms with Gasteiger partial charge < -0.3 is 5.73 Å². The second-order valence-corrected chi connectivity index (χ2v) is 3.66. The minimum Gasteiger partial charge on any atom is -0.322 e. The Bertz CT molecular complexity index is 220. The Balaban J connectivity index is 2.88. The van der Waals surface area contributed by atoms with Crippen molar-refractivity contribution in [2.45, 2.75) is 32.2 Å². The summed E-state index contributed by atoms with van der Waals surface area (Å²) in [7, 11) is 0. The fraction of sp³-hybridized carbons (Fsp3) is 0.667. The largest absolute Gasteiger partial charge is 0.322 e. The predicted octanol–water partition coefficient (Wildman–Crippen LogP) is 1.58. The zero-order valence-corrected chi connectivity index (χ0v) is 7.09. The molecule has 0 spiro atoms. The normalized spacial score (nSPS) is 37.6. The number of hydrogen-bond donors (Lipinski definition) is 1. The van der Waals surface area contributed by atoms with E-state index in [2.05, 4.69) is 13.0 Å². The Hall–Kier alpha value is -0.810. The van der Waals surface area contributed by atoms with Gasteiger partial charge in [-0.15, -0.1) is 0 Å². The van der Waals surface area contributed by atoms with E-state index in [9.17, 15) is 0 Å². The molecule has 60 valence electrons. The van der Waals surface area contributed by atoms with Gasteiger partial charge in [-0.3, -0.25) is 0 Å². The molecule has 0 radical (unpaired) electrons. The number of nitriles is 1. The maximum absolute atomic E-state index is 8.72. The van der Waals surface area contributed by atoms with Gasteiger partial charge in [0.05, 0.1) is 6.07 Å². The van der Waals surface area contributed by atoms with E-state index in [0.29, 0.717) is 5.92 Å². The van der Waals surface area contributed by atoms with Crippen LogP contribution in [-0.2, 0) is 0 Å². The molecule has 0 aromatic rings. The highest BCUT2D eigenvalue weighted by atomic mass is 14.7. The SMILES string of the molecule is CC1CCC(C)(N)C=C1C#N. The third-order valence-electron chi connectivity index (χ3n) is 2.26. The highest BCUT2D eigenvalue weighted by Gasteiger charge is 2.24. The molecule has 2 nitrogen and oxygen atoms in total. The van der Waals surface area contributed by atoms with Crippen molar-refractivity contribution < 1.29 is 0 Å². The standard InChI is InChI=1S/C9H14N2/c1-7-3-4-9(2,11)5-8(7)6-10/h5,7H,3-4,11H2,1-2H3. The number of rotatable bonds is 0. The van der Waals surface area contributed by atoms with Crippen LogP contribution in [0, 0.1) is 17.2 Å². The summed E-state index contributed by atoms with van der Waals surface area (Å²) < 4.78 is 0. The van der Waals surface area contributed by atoms with Crippen LogP contribution in [0.2, 0.25) is 0 Å². The molecule has 1 aliphatic carbocycles. The van der Waals surface area contributed by atoms with Crippen LogP contribution in [0.4, 0.5) is 0 Å². The van der Waals surface area contributed by atoms with E-state index in [0.717, 1.165) is 18.4 Å². The van der Waals surface area contributed by atoms with Crippen LogP contribution in [0.3, 0.4) is 0 Å². The van der Waals surface area contributed by atoms with Crippen molar-refractivity contribution in [2.75, 3.05) is 0 Å². The first-order valence-electron chi connectivity index (χ1n) is 3.97. The molecule has 0 saturated heterocycles. The number of hydrogen-bond acceptors (Lipinski definition) is 2. The molecule has 2 heteroatoms. The molecule has 1 aliphatic rings. The lowest BCUT2D eigenvalue weighted by atomic mass is 9.81. The van der Waals surface area contributed by atoms with Crippen LogP contribution in [0.15, 0.2) is 11.6 Å². The molecule has 2 N–H and O–H groups in total. The van der Waals surface area contributed by atoms with E-state index in [1.165, 1.54) is 0 Å². The summed E-state index contributed by atoms with van der Waals surface area (Å²) in [6.45, 7) is 4.04. The molecular weight excluding hydrogens is 136 g/mol. The van der Waals surface area contributed by atoms with Gasteiger partial charge in [0, 0.05) is 11.1 Å². The first kappa shape index (κ1) is 8.29. The van der Waals surface area contributed by atoms with Crippen LogP contribution >= 0.6 is 0 Å². The van der Waals surface area contributed by atoms with Gasteiger partial charge in [-0.25, -0.2) is 0 Å². The van der Waals surface area contributed by atoms with Crippen molar-refractivity contribution in [3.05, 3.63) is 11.6 Å². The van der Waals surface area contributed by atoms with Crippen LogP contribution in [0.1, 0.15) is 26.7 Å². The topological polar surface area (TPSA) is 49.8 Å². The van der Waals surface area contributed by atoms with E-state index < -0.39 is 0 Å². The molecule has 0 fully saturated rings. The average molecular weight is 150 g/mol. The molecule has 0 aromatic carbocycles. The van der Waals surface area contributed by atoms with E-state index >= 15 is 0 Å². The van der Waals surface area contributed by atoms with Gasteiger partial charge in [0.15, 0.2) is 0 Å². The summed E-state index contributed by atoms with van der Waals surface area (Å²) in [6, 6.07) is 2.19. The molecule has 2 atom stereocenters. The van der Waals surface area contributed by atoms with Crippen molar-refractivity contribution in [1.29, 1.82) is 5.26 Å². The van der Waals surface area contributed by atoms with Crippen molar-refractivity contribution in [3.63, 3.8) is 0 Å². The van der Waals surface area contributed by atoms with Gasteiger partial charge in [0.25, 0.3) is 0 Å². The van der Waals surface area contributed by atoms with Gasteiger partial charge >= 0.3 is 0 Å². The third kappa shape index (κ3) is 1.81. The summed E-state index contributed by atoms with van der Waals surface area (Å²) in [5.41, 5.74) is 6.47. The summed E-state index contributed by atoms with van der Waals surface area (Å²) in [5, 5.41) is 8.72. The zero-order chi connectivity index (χ0) is 8.48. The van der Waals surface area contributed by atoms with Crippen molar-refractivity contribution in [3.8, 4) is 6.07 Å². The summed E-state index contributed by atoms with van der Waals surface area (Å²) in [5.74, 6) is 0.400. The third-order valence-corrected chi connectivity index (χ3v) is 2.26. The molecule has 0 amide bonds. The second kappa shape index (κ2) is 2.67. The first-order chi connectivity index (χ1) is 5.05. The minimum atomic E-state index is -0.252. The molecule has 0 saturated carbocycles. The molecule has 0 aromatic heterocycles. The van der Waals surface area contributed by atoms with Gasteiger partial charge in [-0.1, -0.05) is 13.0 Å². The van der Waals surface area contributed by atoms with E-state index in [1.54, 1.807) is 0 Å². The Morgan fingerprint density at radius 3 is 2.91 bits per heavy atom. The van der Waals surface area contributed by atoms with Gasteiger partial charge in [0.2, 0.25) is 0 Å². The Kier molecular flexibility index (Phi) is 2.01. The quantitative estimate of drug-likeness (QED) is 0.570. The summed E-state index contributed by atoms with van der Waals surface area (Å²) in [6.07, 6.45) is 3.92. The number of nitrogens with zero attached hydrogens (tertiary/aromatic N) is 1. The molecule has 0 bridgehead atoms. The first-order valence-corrected chi connectivity index (χ1v) is 3.97. The molecule has 0 heterocycles. The lowest BCUT2D eigenvalue weighted by molar-refractivity contribution is 0.431. The lowest BCUT2D eigenvalue weighted by Crippen LogP contribution is -2.37. The van der Waals surface area contributed by atoms with E-state index in [1.807, 2.05) is 13.0 Å². The van der Waals surface area contributed by atoms with Gasteiger partial charge in [0.1, 0.15) is 0 Å². The molecule has 1 rings (SSSR count). The molecule has 2 unspecified atom stereocenters. The van der Waals surface area contributed by atoms with Crippen molar-refractivity contribution in [2.24, 2.45) is 11.7 Å². The van der Waals surface area contributed by atoms with Crippen molar-refractivity contribution in [1.82, 2.24) is 0 Å². The molecule has 0 aliphatic heterocycles. The number of allylic oxidation sites excluding steroid dienone is 1. The number of nitrogens with two attached hydrogens (primary N) is 1. The maximum Gasteiger partial charge on any atom is 0.0947 e. The Morgan fingerprint density at radius 2 is 2.45 bits per heavy atom. The summed E-state index contributed by atoms with van der Waals surface area (Å²) >= 11 is 0. The lowest BCUT2D eigenvalue weighted by Gasteiger charge is -2.28. The van der Waals surface area contributed by atoms with E-state index in [-0.39, 0.29) is 5.54 Å². The van der Waals surface area contributed by atoms with Crippen LogP contribution in [0.25, 0.3) is 0 Å². The minimum absolute atomic E-state index is 0.252. The van der Waals surface area contributed by atoms with Crippen molar-refractivity contribution >= 4 is 0 Å². The van der Waals surface area contributed by atoms with Gasteiger partial charge in [-0.2, -0.15) is 5.26 Å². The highest BCUT2D eigenvalue weighted by Crippen LogP contribution is 2.28. The molecule has 11 heavy (non-hydrogen) atoms. The monoisotopic (exact) mass is 150 g/mol. The van der Waals surface area contributed by atoms with E-state index in [4.69, 9.17) is 11.0 Å². The van der Waals surface area contributed by atoms with Crippen LogP contribution in [-0.4, -0.2) is 5.54 Å². The smallest absolute Gasteiger partial charge is 0.0947 e. The Morgan fingerprint density at radius 1 is 1.82 bits per heavy atom. The molecular formula is C9H14N2. The fourth-order valence-electron chi connectivity index (χ4n) is 1.40. The summed E-state index contributed by atoms with van der Waals surface area (Å²) in [4.78, 5) is 0. The fourth-order valence-corrected chi connectivity index (χ4v) is 1.40. The highest BCUT2D eigenvalue weighted by molar-refractivity contribution is 5.29. The Labute approximate surface area is 67.7 Å². The van der Waals surface area contributed by atoms with Crippen LogP contribution < -0.4 is 5.73 Å². The maximum atomic E-state index is 8.72. The second-order valence-electron chi connectivity index (χ2n) is 3.66. The van der Waals surface area contributed by atoms with Gasteiger partial charge in [-0.05, 0) is 25.7 Å². The zero-order valence-electron chi connectivity index (χ0n) is 7.09. The van der Waals surface area contributed by atoms with Crippen LogP contribution in [0.5, 0.6) is 0 Å². The predicted molar refractivity (Wildman–Crippen MR) is 44.7 cm³/mol.